The van der Waals surface area contributed by atoms with Gasteiger partial charge in [0, 0.05) is 0 Å². The molecule has 0 bridgehead atoms. The van der Waals surface area contributed by atoms with Crippen molar-refractivity contribution in [3.8, 4) is 0 Å². The van der Waals surface area contributed by atoms with Gasteiger partial charge in [0.15, 0.2) is 0 Å². The molecule has 1 rings (SSSR count). The van der Waals surface area contributed by atoms with Gasteiger partial charge in [0.25, 0.3) is 10.1 Å². The Morgan fingerprint density at radius 1 is 1.25 bits per heavy atom. The summed E-state index contributed by atoms with van der Waals surface area (Å²) in [6.07, 6.45) is 0. The number of hydrogen-bond acceptors (Lipinski definition) is 2. The standard InChI is InChI=1S/C6H7O3PS.Na.H/c7-11(8,9)6-3-1-5(10)2-4-6;;/h1-4H,10H2,(H,7,8,9);;/q;+1;-1. The van der Waals surface area contributed by atoms with Crippen LogP contribution in [0.15, 0.2) is 29.2 Å². The van der Waals surface area contributed by atoms with Crippen LogP contribution in [0, 0.1) is 0 Å². The Hall–Kier alpha value is 0.560. The van der Waals surface area contributed by atoms with Crippen molar-refractivity contribution in [1.82, 2.24) is 0 Å². The summed E-state index contributed by atoms with van der Waals surface area (Å²) < 4.78 is 29.5. The van der Waals surface area contributed by atoms with E-state index in [9.17, 15) is 8.42 Å². The molecule has 3 nitrogen and oxygen atoms in total. The fraction of sp³-hybridized carbons (Fsp3) is 0. The maximum atomic E-state index is 10.5. The molecule has 0 radical (unpaired) electrons. The van der Waals surface area contributed by atoms with Crippen LogP contribution in [0.5, 0.6) is 0 Å². The summed E-state index contributed by atoms with van der Waals surface area (Å²) in [7, 11) is -1.61. The van der Waals surface area contributed by atoms with Crippen LogP contribution < -0.4 is 34.9 Å². The Morgan fingerprint density at radius 2 is 1.67 bits per heavy atom. The summed E-state index contributed by atoms with van der Waals surface area (Å²) in [6.45, 7) is 0. The van der Waals surface area contributed by atoms with E-state index in [1.54, 1.807) is 12.1 Å². The van der Waals surface area contributed by atoms with Crippen molar-refractivity contribution >= 4 is 24.7 Å². The van der Waals surface area contributed by atoms with Gasteiger partial charge in [0.05, 0.1) is 4.90 Å². The third-order valence-electron chi connectivity index (χ3n) is 1.18. The fourth-order valence-corrected chi connectivity index (χ4v) is 1.31. The zero-order chi connectivity index (χ0) is 8.48. The molecule has 1 aromatic rings. The molecule has 62 valence electrons. The molecule has 0 heterocycles. The maximum absolute atomic E-state index is 10.5. The zero-order valence-electron chi connectivity index (χ0n) is 7.56. The van der Waals surface area contributed by atoms with Crippen molar-refractivity contribution in [1.29, 1.82) is 0 Å². The molecular weight excluding hydrogens is 206 g/mol. The topological polar surface area (TPSA) is 54.4 Å². The summed E-state index contributed by atoms with van der Waals surface area (Å²) in [5.74, 6) is 0. The Bertz CT molecular complexity index is 351. The molecule has 1 aromatic carbocycles. The molecule has 0 aliphatic rings. The van der Waals surface area contributed by atoms with E-state index in [4.69, 9.17) is 4.55 Å². The SMILES string of the molecule is O=S(=O)(O)c1ccc(P)cc1.[H-].[Na+]. The van der Waals surface area contributed by atoms with Crippen molar-refractivity contribution < 1.29 is 44.0 Å². The van der Waals surface area contributed by atoms with Gasteiger partial charge in [-0.15, -0.1) is 9.24 Å². The predicted octanol–water partition coefficient (Wildman–Crippen LogP) is -2.45. The second-order valence-electron chi connectivity index (χ2n) is 2.04. The molecule has 0 aromatic heterocycles. The monoisotopic (exact) mass is 214 g/mol. The fourth-order valence-electron chi connectivity index (χ4n) is 0.640. The van der Waals surface area contributed by atoms with Gasteiger partial charge in [0.1, 0.15) is 0 Å². The average molecular weight is 214 g/mol. The average Bonchev–Trinajstić information content (AvgIpc) is 1.86. The summed E-state index contributed by atoms with van der Waals surface area (Å²) >= 11 is 0. The van der Waals surface area contributed by atoms with Crippen molar-refractivity contribution in [2.75, 3.05) is 0 Å². The molecule has 1 atom stereocenters. The summed E-state index contributed by atoms with van der Waals surface area (Å²) in [4.78, 5) is -0.0799. The molecule has 0 saturated carbocycles. The largest absolute Gasteiger partial charge is 1.00 e. The first-order valence-electron chi connectivity index (χ1n) is 2.83. The molecule has 6 heteroatoms. The number of rotatable bonds is 1. The molecule has 0 saturated heterocycles. The first-order chi connectivity index (χ1) is 5.00. The number of benzene rings is 1. The van der Waals surface area contributed by atoms with Gasteiger partial charge < -0.3 is 1.43 Å². The first-order valence-corrected chi connectivity index (χ1v) is 4.85. The van der Waals surface area contributed by atoms with Crippen molar-refractivity contribution in [2.24, 2.45) is 0 Å². The Kier molecular flexibility index (Phi) is 4.92. The van der Waals surface area contributed by atoms with Gasteiger partial charge in [-0.3, -0.25) is 4.55 Å². The van der Waals surface area contributed by atoms with Gasteiger partial charge >= 0.3 is 29.6 Å². The molecule has 0 aliphatic carbocycles. The van der Waals surface area contributed by atoms with Crippen LogP contribution in [0.4, 0.5) is 0 Å². The zero-order valence-corrected chi connectivity index (χ0v) is 10.5. The third-order valence-corrected chi connectivity index (χ3v) is 2.43. The minimum atomic E-state index is -4.03. The van der Waals surface area contributed by atoms with Crippen LogP contribution >= 0.6 is 9.24 Å². The van der Waals surface area contributed by atoms with E-state index in [-0.39, 0.29) is 35.9 Å². The molecule has 0 spiro atoms. The van der Waals surface area contributed by atoms with E-state index in [0.29, 0.717) is 0 Å². The molecule has 0 fully saturated rings. The normalized spacial score (nSPS) is 10.5. The van der Waals surface area contributed by atoms with Gasteiger partial charge in [-0.2, -0.15) is 8.42 Å². The third kappa shape index (κ3) is 3.52. The Balaban J connectivity index is 0. The Labute approximate surface area is 97.3 Å². The summed E-state index contributed by atoms with van der Waals surface area (Å²) in [5.41, 5.74) is 0. The minimum Gasteiger partial charge on any atom is -1.00 e. The van der Waals surface area contributed by atoms with Crippen LogP contribution in [0.1, 0.15) is 1.43 Å². The van der Waals surface area contributed by atoms with Gasteiger partial charge in [-0.05, 0) is 17.4 Å². The van der Waals surface area contributed by atoms with Crippen molar-refractivity contribution in [2.45, 2.75) is 4.90 Å². The molecule has 0 amide bonds. The molecular formula is C6H8NaO3PS. The molecule has 0 aliphatic heterocycles. The molecule has 1 unspecified atom stereocenters. The smallest absolute Gasteiger partial charge is 1.00 e. The maximum Gasteiger partial charge on any atom is 1.00 e. The van der Waals surface area contributed by atoms with Crippen LogP contribution in [0.25, 0.3) is 0 Å². The van der Waals surface area contributed by atoms with Crippen LogP contribution in [-0.4, -0.2) is 13.0 Å². The predicted molar refractivity (Wildman–Crippen MR) is 46.7 cm³/mol. The van der Waals surface area contributed by atoms with E-state index < -0.39 is 10.1 Å². The van der Waals surface area contributed by atoms with Gasteiger partial charge in [-0.25, -0.2) is 0 Å². The Morgan fingerprint density at radius 3 is 2.00 bits per heavy atom. The van der Waals surface area contributed by atoms with Crippen LogP contribution in [0.2, 0.25) is 0 Å². The summed E-state index contributed by atoms with van der Waals surface area (Å²) in [5, 5.41) is 0.873. The van der Waals surface area contributed by atoms with Crippen LogP contribution in [0.3, 0.4) is 0 Å². The van der Waals surface area contributed by atoms with E-state index in [0.717, 1.165) is 5.30 Å². The summed E-state index contributed by atoms with van der Waals surface area (Å²) in [6, 6.07) is 5.87. The molecule has 12 heavy (non-hydrogen) atoms. The quantitative estimate of drug-likeness (QED) is 0.321. The second-order valence-corrected chi connectivity index (χ2v) is 4.13. The van der Waals surface area contributed by atoms with E-state index >= 15 is 0 Å². The second kappa shape index (κ2) is 4.70. The van der Waals surface area contributed by atoms with Crippen LogP contribution in [-0.2, 0) is 10.1 Å². The van der Waals surface area contributed by atoms with Crippen molar-refractivity contribution in [3.63, 3.8) is 0 Å². The van der Waals surface area contributed by atoms with E-state index in [1.165, 1.54) is 12.1 Å². The van der Waals surface area contributed by atoms with Crippen molar-refractivity contribution in [3.05, 3.63) is 24.3 Å². The molecule has 1 N–H and O–H groups in total. The minimum absolute atomic E-state index is 0. The number of hydrogen-bond donors (Lipinski definition) is 1. The first kappa shape index (κ1) is 12.6. The van der Waals surface area contributed by atoms with E-state index in [1.807, 2.05) is 0 Å². The van der Waals surface area contributed by atoms with Gasteiger partial charge in [-0.1, -0.05) is 12.1 Å². The van der Waals surface area contributed by atoms with Gasteiger partial charge in [0.2, 0.25) is 0 Å². The van der Waals surface area contributed by atoms with E-state index in [2.05, 4.69) is 9.24 Å².